The van der Waals surface area contributed by atoms with Gasteiger partial charge in [-0.15, -0.1) is 0 Å². The number of aliphatic hydroxyl groups is 2. The third-order valence-electron chi connectivity index (χ3n) is 6.09. The van der Waals surface area contributed by atoms with Crippen molar-refractivity contribution in [1.82, 2.24) is 4.31 Å². The molecule has 9 heteroatoms. The first kappa shape index (κ1) is 20.0. The molecule has 2 aromatic carbocycles. The van der Waals surface area contributed by atoms with Gasteiger partial charge in [-0.2, -0.15) is 4.31 Å². The third kappa shape index (κ3) is 3.14. The van der Waals surface area contributed by atoms with E-state index in [1.54, 1.807) is 24.3 Å². The Hall–Kier alpha value is -2.33. The maximum absolute atomic E-state index is 13.3. The lowest BCUT2D eigenvalue weighted by Crippen LogP contribution is -2.51. The first-order valence-electron chi connectivity index (χ1n) is 9.48. The normalized spacial score (nSPS) is 25.7. The Balaban J connectivity index is 1.81. The van der Waals surface area contributed by atoms with Gasteiger partial charge in [-0.3, -0.25) is 10.1 Å². The van der Waals surface area contributed by atoms with Crippen LogP contribution in [-0.4, -0.2) is 40.5 Å². The molecule has 2 atom stereocenters. The summed E-state index contributed by atoms with van der Waals surface area (Å²) in [5.74, 6) is -0.160. The smallest absolute Gasteiger partial charge is 0.289 e. The van der Waals surface area contributed by atoms with Crippen molar-refractivity contribution < 1.29 is 23.6 Å². The maximum atomic E-state index is 13.3. The van der Waals surface area contributed by atoms with Gasteiger partial charge in [-0.05, 0) is 36.0 Å². The van der Waals surface area contributed by atoms with E-state index < -0.39 is 37.2 Å². The summed E-state index contributed by atoms with van der Waals surface area (Å²) in [6.45, 7) is -0.438. The number of fused-ring (bicyclic) bond motifs is 1. The number of rotatable bonds is 4. The fraction of sp³-hybridized carbons (Fsp3) is 0.400. The lowest BCUT2D eigenvalue weighted by Gasteiger charge is -2.44. The maximum Gasteiger partial charge on any atom is 0.289 e. The van der Waals surface area contributed by atoms with Crippen LogP contribution in [0.1, 0.15) is 30.4 Å². The number of nitro groups is 1. The molecule has 1 aliphatic heterocycles. The quantitative estimate of drug-likeness (QED) is 0.580. The molecule has 1 fully saturated rings. The van der Waals surface area contributed by atoms with E-state index in [0.29, 0.717) is 11.1 Å². The van der Waals surface area contributed by atoms with Crippen LogP contribution in [0, 0.1) is 16.0 Å². The molecule has 0 unspecified atom stereocenters. The molecule has 2 aromatic rings. The summed E-state index contributed by atoms with van der Waals surface area (Å²) < 4.78 is 27.7. The zero-order chi connectivity index (χ0) is 20.8. The van der Waals surface area contributed by atoms with Crippen LogP contribution < -0.4 is 0 Å². The summed E-state index contributed by atoms with van der Waals surface area (Å²) in [4.78, 5) is 10.2. The van der Waals surface area contributed by atoms with E-state index >= 15 is 0 Å². The fourth-order valence-corrected chi connectivity index (χ4v) is 5.89. The molecular weight excluding hydrogens is 396 g/mol. The zero-order valence-corrected chi connectivity index (χ0v) is 16.5. The van der Waals surface area contributed by atoms with Crippen LogP contribution in [0.5, 0.6) is 0 Å². The SMILES string of the molecule is O=[N+]([O-])c1ccccc1S(=O)(=O)N1Cc2ccccc2[C@](O)(C2CCC2)[C@H](O)C1. The number of sulfonamides is 1. The van der Waals surface area contributed by atoms with Gasteiger partial charge in [0.25, 0.3) is 5.69 Å². The highest BCUT2D eigenvalue weighted by Crippen LogP contribution is 2.47. The molecule has 1 heterocycles. The van der Waals surface area contributed by atoms with Crippen molar-refractivity contribution in [2.75, 3.05) is 6.54 Å². The number of hydrogen-bond donors (Lipinski definition) is 2. The number of nitro benzene ring substituents is 1. The molecule has 2 aliphatic rings. The molecule has 2 N–H and O–H groups in total. The van der Waals surface area contributed by atoms with E-state index in [-0.39, 0.29) is 19.0 Å². The number of β-amino-alcohol motifs (C(OH)–C–C–N with tert-alkyl or cyclic N) is 1. The lowest BCUT2D eigenvalue weighted by molar-refractivity contribution is -0.387. The average molecular weight is 418 g/mol. The first-order valence-corrected chi connectivity index (χ1v) is 10.9. The molecular formula is C20H22N2O6S. The summed E-state index contributed by atoms with van der Waals surface area (Å²) in [5, 5.41) is 33.8. The highest BCUT2D eigenvalue weighted by molar-refractivity contribution is 7.89. The van der Waals surface area contributed by atoms with Crippen molar-refractivity contribution in [2.45, 2.75) is 42.4 Å². The van der Waals surface area contributed by atoms with Crippen molar-refractivity contribution in [3.8, 4) is 0 Å². The van der Waals surface area contributed by atoms with E-state index in [1.807, 2.05) is 0 Å². The molecule has 154 valence electrons. The molecule has 0 saturated heterocycles. The largest absolute Gasteiger partial charge is 0.388 e. The molecule has 0 spiro atoms. The Morgan fingerprint density at radius 2 is 1.76 bits per heavy atom. The van der Waals surface area contributed by atoms with Gasteiger partial charge in [0.2, 0.25) is 10.0 Å². The minimum atomic E-state index is -4.28. The van der Waals surface area contributed by atoms with Crippen LogP contribution in [-0.2, 0) is 22.2 Å². The Morgan fingerprint density at radius 3 is 2.41 bits per heavy atom. The number of nitrogens with zero attached hydrogens (tertiary/aromatic N) is 2. The number of hydrogen-bond acceptors (Lipinski definition) is 6. The predicted octanol–water partition coefficient (Wildman–Crippen LogP) is 2.15. The van der Waals surface area contributed by atoms with Gasteiger partial charge in [0.1, 0.15) is 11.7 Å². The highest BCUT2D eigenvalue weighted by atomic mass is 32.2. The second-order valence-corrected chi connectivity index (χ2v) is 9.55. The van der Waals surface area contributed by atoms with Gasteiger partial charge in [0, 0.05) is 19.2 Å². The van der Waals surface area contributed by atoms with E-state index in [9.17, 15) is 28.7 Å². The minimum Gasteiger partial charge on any atom is -0.388 e. The van der Waals surface area contributed by atoms with Gasteiger partial charge in [-0.1, -0.05) is 42.8 Å². The van der Waals surface area contributed by atoms with E-state index in [1.165, 1.54) is 18.2 Å². The summed E-state index contributed by atoms with van der Waals surface area (Å²) in [6, 6.07) is 12.1. The fourth-order valence-electron chi connectivity index (χ4n) is 4.30. The van der Waals surface area contributed by atoms with Crippen LogP contribution in [0.15, 0.2) is 53.4 Å². The first-order chi connectivity index (χ1) is 13.8. The van der Waals surface area contributed by atoms with Crippen LogP contribution in [0.25, 0.3) is 0 Å². The average Bonchev–Trinajstić information content (AvgIpc) is 2.76. The van der Waals surface area contributed by atoms with Crippen LogP contribution in [0.3, 0.4) is 0 Å². The van der Waals surface area contributed by atoms with Crippen molar-refractivity contribution in [3.63, 3.8) is 0 Å². The molecule has 0 bridgehead atoms. The minimum absolute atomic E-state index is 0.0867. The van der Waals surface area contributed by atoms with Gasteiger partial charge < -0.3 is 10.2 Å². The van der Waals surface area contributed by atoms with Gasteiger partial charge in [0.15, 0.2) is 4.90 Å². The van der Waals surface area contributed by atoms with Gasteiger partial charge in [0.05, 0.1) is 4.92 Å². The number of benzene rings is 2. The van der Waals surface area contributed by atoms with Crippen LogP contribution in [0.2, 0.25) is 0 Å². The molecule has 0 amide bonds. The van der Waals surface area contributed by atoms with Crippen molar-refractivity contribution >= 4 is 15.7 Å². The molecule has 8 nitrogen and oxygen atoms in total. The van der Waals surface area contributed by atoms with Gasteiger partial charge >= 0.3 is 0 Å². The molecule has 1 aliphatic carbocycles. The monoisotopic (exact) mass is 418 g/mol. The van der Waals surface area contributed by atoms with Crippen LogP contribution in [0.4, 0.5) is 5.69 Å². The zero-order valence-electron chi connectivity index (χ0n) is 15.6. The number of para-hydroxylation sites is 1. The summed E-state index contributed by atoms with van der Waals surface area (Å²) in [6.07, 6.45) is 1.09. The lowest BCUT2D eigenvalue weighted by atomic mass is 9.66. The van der Waals surface area contributed by atoms with Crippen molar-refractivity contribution in [1.29, 1.82) is 0 Å². The Morgan fingerprint density at radius 1 is 1.10 bits per heavy atom. The van der Waals surface area contributed by atoms with Crippen molar-refractivity contribution in [2.24, 2.45) is 5.92 Å². The molecule has 4 rings (SSSR count). The molecule has 0 aromatic heterocycles. The number of aliphatic hydroxyl groups excluding tert-OH is 1. The third-order valence-corrected chi connectivity index (χ3v) is 7.95. The Bertz CT molecular complexity index is 1050. The summed E-state index contributed by atoms with van der Waals surface area (Å²) >= 11 is 0. The van der Waals surface area contributed by atoms with E-state index in [0.717, 1.165) is 29.6 Å². The summed E-state index contributed by atoms with van der Waals surface area (Å²) in [5.41, 5.74) is -0.964. The summed E-state index contributed by atoms with van der Waals surface area (Å²) in [7, 11) is -4.28. The standard InChI is InChI=1S/C20H22N2O6S/c23-19-13-21(29(27,28)18-11-4-3-10-17(18)22(25)26)12-14-6-1-2-9-16(14)20(19,24)15-7-5-8-15/h1-4,6,9-11,15,19,23-24H,5,7-8,12-13H2/t19-,20-/m1/s1. The second-order valence-electron chi connectivity index (χ2n) is 7.65. The molecule has 0 radical (unpaired) electrons. The Labute approximate surface area is 168 Å². The Kier molecular flexibility index (Phi) is 4.94. The van der Waals surface area contributed by atoms with Gasteiger partial charge in [-0.25, -0.2) is 8.42 Å². The van der Waals surface area contributed by atoms with E-state index in [4.69, 9.17) is 0 Å². The molecule has 1 saturated carbocycles. The topological polar surface area (TPSA) is 121 Å². The highest BCUT2D eigenvalue weighted by Gasteiger charge is 2.51. The van der Waals surface area contributed by atoms with Crippen molar-refractivity contribution in [3.05, 3.63) is 69.8 Å². The van der Waals surface area contributed by atoms with Crippen LogP contribution >= 0.6 is 0 Å². The second kappa shape index (κ2) is 7.17. The van der Waals surface area contributed by atoms with E-state index in [2.05, 4.69) is 0 Å². The molecule has 29 heavy (non-hydrogen) atoms. The predicted molar refractivity (Wildman–Crippen MR) is 104 cm³/mol.